The molecule has 0 aliphatic carbocycles. The Balaban J connectivity index is 1.61. The van der Waals surface area contributed by atoms with Gasteiger partial charge in [-0.2, -0.15) is 11.8 Å². The Morgan fingerprint density at radius 1 is 1.63 bits per heavy atom. The van der Waals surface area contributed by atoms with Crippen molar-refractivity contribution in [1.29, 1.82) is 0 Å². The smallest absolute Gasteiger partial charge is 0.0897 e. The van der Waals surface area contributed by atoms with E-state index in [0.29, 0.717) is 5.92 Å². The van der Waals surface area contributed by atoms with E-state index in [1.807, 2.05) is 11.8 Å². The molecule has 2 aliphatic rings. The maximum atomic E-state index is 6.44. The highest BCUT2D eigenvalue weighted by atomic mass is 32.2. The Morgan fingerprint density at radius 2 is 2.53 bits per heavy atom. The van der Waals surface area contributed by atoms with Crippen molar-refractivity contribution in [2.75, 3.05) is 18.1 Å². The highest BCUT2D eigenvalue weighted by Gasteiger charge is 2.41. The van der Waals surface area contributed by atoms with Gasteiger partial charge in [0.05, 0.1) is 16.3 Å². The first-order valence-corrected chi connectivity index (χ1v) is 9.09. The molecule has 106 valence electrons. The largest absolute Gasteiger partial charge is 0.374 e. The maximum absolute atomic E-state index is 6.44. The lowest BCUT2D eigenvalue weighted by atomic mass is 9.80. The van der Waals surface area contributed by atoms with Crippen molar-refractivity contribution >= 4 is 23.1 Å². The molecule has 2 N–H and O–H groups in total. The molecule has 3 nitrogen and oxygen atoms in total. The van der Waals surface area contributed by atoms with E-state index in [2.05, 4.69) is 17.3 Å². The monoisotopic (exact) mass is 298 g/mol. The summed E-state index contributed by atoms with van der Waals surface area (Å²) < 4.78 is 6.07. The summed E-state index contributed by atoms with van der Waals surface area (Å²) >= 11 is 3.74. The molecular formula is C14H22N2OS2. The predicted molar refractivity (Wildman–Crippen MR) is 81.9 cm³/mol. The summed E-state index contributed by atoms with van der Waals surface area (Å²) in [4.78, 5) is 4.54. The Labute approximate surface area is 123 Å². The SMILES string of the molecule is Cc1nc(CC(N)C2CCOC3(CCSC3)C2)cs1. The van der Waals surface area contributed by atoms with Crippen LogP contribution in [0.5, 0.6) is 0 Å². The third-order valence-corrected chi connectivity index (χ3v) is 6.36. The predicted octanol–water partition coefficient (Wildman–Crippen LogP) is 2.62. The van der Waals surface area contributed by atoms with Crippen LogP contribution in [0, 0.1) is 12.8 Å². The van der Waals surface area contributed by atoms with E-state index in [4.69, 9.17) is 10.5 Å². The summed E-state index contributed by atoms with van der Waals surface area (Å²) in [6.07, 6.45) is 4.37. The zero-order chi connectivity index (χ0) is 13.3. The molecule has 3 unspecified atom stereocenters. The van der Waals surface area contributed by atoms with Crippen molar-refractivity contribution in [3.63, 3.8) is 0 Å². The number of thiazole rings is 1. The first kappa shape index (κ1) is 13.9. The second kappa shape index (κ2) is 5.72. The number of nitrogens with zero attached hydrogens (tertiary/aromatic N) is 1. The molecule has 1 spiro atoms. The first-order chi connectivity index (χ1) is 9.17. The van der Waals surface area contributed by atoms with Gasteiger partial charge in [0.15, 0.2) is 0 Å². The minimum absolute atomic E-state index is 0.142. The summed E-state index contributed by atoms with van der Waals surface area (Å²) in [5.74, 6) is 2.99. The van der Waals surface area contributed by atoms with Crippen molar-refractivity contribution in [3.05, 3.63) is 16.1 Å². The zero-order valence-electron chi connectivity index (χ0n) is 11.4. The number of hydrogen-bond donors (Lipinski definition) is 1. The molecule has 0 radical (unpaired) electrons. The molecule has 5 heteroatoms. The summed E-state index contributed by atoms with van der Waals surface area (Å²) in [7, 11) is 0. The lowest BCUT2D eigenvalue weighted by Crippen LogP contribution is -2.46. The van der Waals surface area contributed by atoms with Gasteiger partial charge in [-0.15, -0.1) is 11.3 Å². The Bertz CT molecular complexity index is 429. The molecule has 2 saturated heterocycles. The lowest BCUT2D eigenvalue weighted by Gasteiger charge is -2.40. The van der Waals surface area contributed by atoms with Crippen molar-refractivity contribution in [2.24, 2.45) is 11.7 Å². The molecule has 19 heavy (non-hydrogen) atoms. The fourth-order valence-electron chi connectivity index (χ4n) is 3.20. The molecule has 2 aliphatic heterocycles. The third-order valence-electron chi connectivity index (χ3n) is 4.32. The topological polar surface area (TPSA) is 48.1 Å². The molecule has 0 amide bonds. The van der Waals surface area contributed by atoms with Crippen LogP contribution in [0.4, 0.5) is 0 Å². The summed E-state index contributed by atoms with van der Waals surface area (Å²) in [6.45, 7) is 2.94. The van der Waals surface area contributed by atoms with Crippen LogP contribution in [0.15, 0.2) is 5.38 Å². The Kier molecular flexibility index (Phi) is 4.17. The Morgan fingerprint density at radius 3 is 3.21 bits per heavy atom. The zero-order valence-corrected chi connectivity index (χ0v) is 13.1. The first-order valence-electron chi connectivity index (χ1n) is 7.05. The summed E-state index contributed by atoms with van der Waals surface area (Å²) in [5.41, 5.74) is 7.75. The minimum atomic E-state index is 0.142. The van der Waals surface area contributed by atoms with E-state index in [0.717, 1.165) is 42.3 Å². The maximum Gasteiger partial charge on any atom is 0.0897 e. The van der Waals surface area contributed by atoms with Gasteiger partial charge >= 0.3 is 0 Å². The van der Waals surface area contributed by atoms with E-state index in [1.165, 1.54) is 12.2 Å². The molecule has 3 atom stereocenters. The number of thioether (sulfide) groups is 1. The molecule has 3 heterocycles. The fourth-order valence-corrected chi connectivity index (χ4v) is 5.21. The van der Waals surface area contributed by atoms with Crippen molar-refractivity contribution in [2.45, 2.75) is 44.2 Å². The standard InChI is InChI=1S/C14H22N2OS2/c1-10-16-12(8-19-10)6-13(15)11-2-4-17-14(7-11)3-5-18-9-14/h8,11,13H,2-7,9,15H2,1H3. The molecule has 0 bridgehead atoms. The number of hydrogen-bond acceptors (Lipinski definition) is 5. The van der Waals surface area contributed by atoms with E-state index in [1.54, 1.807) is 11.3 Å². The molecular weight excluding hydrogens is 276 g/mol. The van der Waals surface area contributed by atoms with Crippen molar-refractivity contribution < 1.29 is 4.74 Å². The van der Waals surface area contributed by atoms with E-state index in [-0.39, 0.29) is 11.6 Å². The van der Waals surface area contributed by atoms with Crippen LogP contribution in [0.3, 0.4) is 0 Å². The Hall–Kier alpha value is -0.100. The molecule has 1 aromatic heterocycles. The number of rotatable bonds is 3. The summed E-state index contributed by atoms with van der Waals surface area (Å²) in [5, 5.41) is 3.29. The van der Waals surface area contributed by atoms with Gasteiger partial charge in [0.1, 0.15) is 0 Å². The molecule has 2 fully saturated rings. The average Bonchev–Trinajstić information content (AvgIpc) is 3.00. The lowest BCUT2D eigenvalue weighted by molar-refractivity contribution is -0.0831. The van der Waals surface area contributed by atoms with Crippen LogP contribution < -0.4 is 5.73 Å². The number of nitrogens with two attached hydrogens (primary N) is 1. The second-order valence-electron chi connectivity index (χ2n) is 5.81. The van der Waals surface area contributed by atoms with Crippen molar-refractivity contribution in [1.82, 2.24) is 4.98 Å². The van der Waals surface area contributed by atoms with Crippen LogP contribution in [0.2, 0.25) is 0 Å². The highest BCUT2D eigenvalue weighted by molar-refractivity contribution is 7.99. The number of ether oxygens (including phenoxy) is 1. The van der Waals surface area contributed by atoms with Crippen LogP contribution >= 0.6 is 23.1 Å². The van der Waals surface area contributed by atoms with E-state index < -0.39 is 0 Å². The van der Waals surface area contributed by atoms with Crippen LogP contribution in [-0.2, 0) is 11.2 Å². The second-order valence-corrected chi connectivity index (χ2v) is 7.98. The van der Waals surface area contributed by atoms with Gasteiger partial charge in [0, 0.05) is 30.2 Å². The normalized spacial score (nSPS) is 32.8. The molecule has 1 aromatic rings. The average molecular weight is 298 g/mol. The van der Waals surface area contributed by atoms with Gasteiger partial charge < -0.3 is 10.5 Å². The van der Waals surface area contributed by atoms with Gasteiger partial charge in [0.2, 0.25) is 0 Å². The number of aryl methyl sites for hydroxylation is 1. The van der Waals surface area contributed by atoms with Crippen LogP contribution in [0.1, 0.15) is 30.0 Å². The highest BCUT2D eigenvalue weighted by Crippen LogP contribution is 2.41. The van der Waals surface area contributed by atoms with E-state index >= 15 is 0 Å². The molecule has 0 saturated carbocycles. The van der Waals surface area contributed by atoms with Gasteiger partial charge in [-0.1, -0.05) is 0 Å². The van der Waals surface area contributed by atoms with Gasteiger partial charge in [-0.05, 0) is 37.9 Å². The fraction of sp³-hybridized carbons (Fsp3) is 0.786. The van der Waals surface area contributed by atoms with Crippen molar-refractivity contribution in [3.8, 4) is 0 Å². The minimum Gasteiger partial charge on any atom is -0.374 e. The van der Waals surface area contributed by atoms with Gasteiger partial charge in [-0.3, -0.25) is 0 Å². The van der Waals surface area contributed by atoms with Gasteiger partial charge in [-0.25, -0.2) is 4.98 Å². The van der Waals surface area contributed by atoms with Gasteiger partial charge in [0.25, 0.3) is 0 Å². The number of aromatic nitrogens is 1. The third kappa shape index (κ3) is 3.15. The quantitative estimate of drug-likeness (QED) is 0.932. The molecule has 0 aromatic carbocycles. The van der Waals surface area contributed by atoms with Crippen LogP contribution in [-0.4, -0.2) is 34.7 Å². The van der Waals surface area contributed by atoms with E-state index in [9.17, 15) is 0 Å². The molecule has 3 rings (SSSR count). The van der Waals surface area contributed by atoms with Crippen LogP contribution in [0.25, 0.3) is 0 Å². The summed E-state index contributed by atoms with van der Waals surface area (Å²) in [6, 6.07) is 0.230.